The molecular weight excluding hydrogens is 270 g/mol. The Hall–Kier alpha value is -1.93. The van der Waals surface area contributed by atoms with E-state index in [0.717, 1.165) is 17.3 Å². The van der Waals surface area contributed by atoms with Crippen LogP contribution in [0.15, 0.2) is 12.4 Å². The zero-order valence-electron chi connectivity index (χ0n) is 9.43. The summed E-state index contributed by atoms with van der Waals surface area (Å²) in [6.07, 6.45) is -2.98. The highest BCUT2D eigenvalue weighted by molar-refractivity contribution is 5.72. The molecule has 0 saturated carbocycles. The quantitative estimate of drug-likeness (QED) is 0.827. The van der Waals surface area contributed by atoms with Crippen molar-refractivity contribution in [2.75, 3.05) is 18.0 Å². The summed E-state index contributed by atoms with van der Waals surface area (Å²) in [6, 6.07) is 0. The molecule has 1 aromatic rings. The van der Waals surface area contributed by atoms with Crippen LogP contribution < -0.4 is 4.90 Å². The first kappa shape index (κ1) is 13.5. The zero-order chi connectivity index (χ0) is 14.2. The number of rotatable bonds is 2. The molecule has 1 N–H and O–H groups in total. The van der Waals surface area contributed by atoms with Crippen molar-refractivity contribution in [2.45, 2.75) is 6.18 Å². The summed E-state index contributed by atoms with van der Waals surface area (Å²) in [6.45, 7) is -0.906. The normalized spacial score (nSPS) is 23.7. The number of aliphatic carboxylic acids is 1. The van der Waals surface area contributed by atoms with Crippen molar-refractivity contribution in [2.24, 2.45) is 11.8 Å². The van der Waals surface area contributed by atoms with Gasteiger partial charge in [-0.05, 0) is 0 Å². The van der Waals surface area contributed by atoms with Crippen molar-refractivity contribution in [3.05, 3.63) is 18.2 Å². The number of carboxylic acid groups (broad SMARTS) is 1. The Balaban J connectivity index is 2.23. The maximum atomic E-state index is 12.7. The molecule has 5 nitrogen and oxygen atoms in total. The molecule has 104 valence electrons. The van der Waals surface area contributed by atoms with Gasteiger partial charge in [0.15, 0.2) is 5.82 Å². The SMILES string of the molecule is O=C(O)[C@H]1CN(c2ncc(F)cn2)C[C@H]1C(F)(F)F. The molecule has 0 unspecified atom stereocenters. The lowest BCUT2D eigenvalue weighted by Crippen LogP contribution is -2.33. The van der Waals surface area contributed by atoms with Crippen molar-refractivity contribution in [1.29, 1.82) is 0 Å². The fourth-order valence-corrected chi connectivity index (χ4v) is 2.02. The number of hydrogen-bond donors (Lipinski definition) is 1. The van der Waals surface area contributed by atoms with Crippen LogP contribution in [-0.2, 0) is 4.79 Å². The van der Waals surface area contributed by atoms with Gasteiger partial charge in [-0.3, -0.25) is 4.79 Å². The van der Waals surface area contributed by atoms with Gasteiger partial charge < -0.3 is 10.0 Å². The zero-order valence-corrected chi connectivity index (χ0v) is 9.43. The molecule has 1 fully saturated rings. The van der Waals surface area contributed by atoms with E-state index in [4.69, 9.17) is 5.11 Å². The molecule has 19 heavy (non-hydrogen) atoms. The van der Waals surface area contributed by atoms with Crippen LogP contribution in [0, 0.1) is 17.7 Å². The molecule has 0 radical (unpaired) electrons. The van der Waals surface area contributed by atoms with Crippen molar-refractivity contribution in [1.82, 2.24) is 9.97 Å². The van der Waals surface area contributed by atoms with Gasteiger partial charge in [0.1, 0.15) is 0 Å². The Morgan fingerprint density at radius 1 is 1.32 bits per heavy atom. The van der Waals surface area contributed by atoms with E-state index in [1.54, 1.807) is 0 Å². The molecule has 1 aliphatic rings. The van der Waals surface area contributed by atoms with E-state index in [-0.39, 0.29) is 12.5 Å². The van der Waals surface area contributed by atoms with Gasteiger partial charge in [0.25, 0.3) is 0 Å². The summed E-state index contributed by atoms with van der Waals surface area (Å²) in [5.74, 6) is -5.91. The molecule has 1 aromatic heterocycles. The largest absolute Gasteiger partial charge is 0.481 e. The minimum Gasteiger partial charge on any atom is -0.481 e. The van der Waals surface area contributed by atoms with Crippen LogP contribution in [-0.4, -0.2) is 40.3 Å². The molecule has 0 spiro atoms. The lowest BCUT2D eigenvalue weighted by atomic mass is 9.96. The molecule has 9 heteroatoms. The van der Waals surface area contributed by atoms with Gasteiger partial charge in [-0.15, -0.1) is 0 Å². The fraction of sp³-hybridized carbons (Fsp3) is 0.500. The molecule has 0 bridgehead atoms. The topological polar surface area (TPSA) is 66.3 Å². The lowest BCUT2D eigenvalue weighted by Gasteiger charge is -2.18. The Morgan fingerprint density at radius 3 is 2.32 bits per heavy atom. The Kier molecular flexibility index (Phi) is 3.29. The monoisotopic (exact) mass is 279 g/mol. The predicted molar refractivity (Wildman–Crippen MR) is 54.9 cm³/mol. The summed E-state index contributed by atoms with van der Waals surface area (Å²) in [7, 11) is 0. The first-order chi connectivity index (χ1) is 8.79. The molecule has 1 aliphatic heterocycles. The number of hydrogen-bond acceptors (Lipinski definition) is 4. The molecule has 0 amide bonds. The molecule has 1 saturated heterocycles. The smallest absolute Gasteiger partial charge is 0.394 e. The highest BCUT2D eigenvalue weighted by Crippen LogP contribution is 2.38. The second-order valence-electron chi connectivity index (χ2n) is 4.20. The van der Waals surface area contributed by atoms with E-state index in [0.29, 0.717) is 0 Å². The second-order valence-corrected chi connectivity index (χ2v) is 4.20. The Bertz CT molecular complexity index is 477. The number of carbonyl (C=O) groups is 1. The van der Waals surface area contributed by atoms with Gasteiger partial charge in [-0.1, -0.05) is 0 Å². The first-order valence-corrected chi connectivity index (χ1v) is 5.31. The van der Waals surface area contributed by atoms with Crippen LogP contribution >= 0.6 is 0 Å². The average molecular weight is 279 g/mol. The number of halogens is 4. The first-order valence-electron chi connectivity index (χ1n) is 5.31. The number of anilines is 1. The van der Waals surface area contributed by atoms with Crippen LogP contribution in [0.4, 0.5) is 23.5 Å². The van der Waals surface area contributed by atoms with Crippen LogP contribution in [0.25, 0.3) is 0 Å². The van der Waals surface area contributed by atoms with E-state index in [1.807, 2.05) is 0 Å². The third-order valence-corrected chi connectivity index (χ3v) is 2.95. The van der Waals surface area contributed by atoms with Crippen molar-refractivity contribution >= 4 is 11.9 Å². The molecule has 0 aliphatic carbocycles. The Labute approximate surface area is 104 Å². The predicted octanol–water partition coefficient (Wildman–Crippen LogP) is 1.31. The van der Waals surface area contributed by atoms with Crippen molar-refractivity contribution < 1.29 is 27.5 Å². The van der Waals surface area contributed by atoms with Gasteiger partial charge in [0.2, 0.25) is 5.95 Å². The summed E-state index contributed by atoms with van der Waals surface area (Å²) in [4.78, 5) is 19.1. The van der Waals surface area contributed by atoms with Crippen molar-refractivity contribution in [3.63, 3.8) is 0 Å². The molecule has 0 aromatic carbocycles. The fourth-order valence-electron chi connectivity index (χ4n) is 2.02. The van der Waals surface area contributed by atoms with E-state index >= 15 is 0 Å². The highest BCUT2D eigenvalue weighted by Gasteiger charge is 2.53. The van der Waals surface area contributed by atoms with E-state index in [2.05, 4.69) is 9.97 Å². The highest BCUT2D eigenvalue weighted by atomic mass is 19.4. The van der Waals surface area contributed by atoms with E-state index in [9.17, 15) is 22.4 Å². The maximum absolute atomic E-state index is 12.7. The van der Waals surface area contributed by atoms with Crippen LogP contribution in [0.5, 0.6) is 0 Å². The van der Waals surface area contributed by atoms with Crippen molar-refractivity contribution in [3.8, 4) is 0 Å². The third-order valence-electron chi connectivity index (χ3n) is 2.95. The summed E-state index contributed by atoms with van der Waals surface area (Å²) in [5, 5.41) is 8.83. The number of carboxylic acids is 1. The standard InChI is InChI=1S/C10H9F4N3O2/c11-5-1-15-9(16-2-5)17-3-6(8(18)19)7(4-17)10(12,13)14/h1-2,6-7H,3-4H2,(H,18,19)/t6-,7+/m0/s1. The number of nitrogens with zero attached hydrogens (tertiary/aromatic N) is 3. The lowest BCUT2D eigenvalue weighted by molar-refractivity contribution is -0.187. The maximum Gasteiger partial charge on any atom is 0.394 e. The van der Waals surface area contributed by atoms with Gasteiger partial charge in [0, 0.05) is 13.1 Å². The van der Waals surface area contributed by atoms with Crippen LogP contribution in [0.2, 0.25) is 0 Å². The van der Waals surface area contributed by atoms with Crippen LogP contribution in [0.3, 0.4) is 0 Å². The summed E-state index contributed by atoms with van der Waals surface area (Å²) >= 11 is 0. The van der Waals surface area contributed by atoms with Gasteiger partial charge in [0.05, 0.1) is 24.2 Å². The number of alkyl halides is 3. The Morgan fingerprint density at radius 2 is 1.89 bits per heavy atom. The van der Waals surface area contributed by atoms with Crippen LogP contribution in [0.1, 0.15) is 0 Å². The van der Waals surface area contributed by atoms with Gasteiger partial charge in [-0.2, -0.15) is 13.2 Å². The number of aromatic nitrogens is 2. The van der Waals surface area contributed by atoms with Gasteiger partial charge in [-0.25, -0.2) is 14.4 Å². The minimum absolute atomic E-state index is 0.112. The second kappa shape index (κ2) is 4.63. The van der Waals surface area contributed by atoms with E-state index in [1.165, 1.54) is 0 Å². The molecular formula is C10H9F4N3O2. The minimum atomic E-state index is -4.61. The summed E-state index contributed by atoms with van der Waals surface area (Å²) < 4.78 is 50.8. The molecule has 2 rings (SSSR count). The molecule has 2 atom stereocenters. The molecule has 2 heterocycles. The van der Waals surface area contributed by atoms with E-state index < -0.39 is 36.3 Å². The average Bonchev–Trinajstić information content (AvgIpc) is 2.74. The summed E-state index contributed by atoms with van der Waals surface area (Å²) in [5.41, 5.74) is 0. The van der Waals surface area contributed by atoms with Gasteiger partial charge >= 0.3 is 12.1 Å². The third kappa shape index (κ3) is 2.74.